The van der Waals surface area contributed by atoms with Crippen LogP contribution in [-0.2, 0) is 11.3 Å². The Labute approximate surface area is 97.0 Å². The molecule has 0 heterocycles. The van der Waals surface area contributed by atoms with Gasteiger partial charge in [-0.3, -0.25) is 10.2 Å². The van der Waals surface area contributed by atoms with E-state index in [1.807, 2.05) is 0 Å². The van der Waals surface area contributed by atoms with Crippen molar-refractivity contribution in [1.29, 1.82) is 5.41 Å². The van der Waals surface area contributed by atoms with Gasteiger partial charge in [-0.2, -0.15) is 0 Å². The molecule has 0 bridgehead atoms. The maximum absolute atomic E-state index is 10.7. The summed E-state index contributed by atoms with van der Waals surface area (Å²) in [5.41, 5.74) is 5.79. The van der Waals surface area contributed by atoms with E-state index in [-0.39, 0.29) is 0 Å². The van der Waals surface area contributed by atoms with Gasteiger partial charge >= 0.3 is 0 Å². The van der Waals surface area contributed by atoms with Crippen LogP contribution in [0.2, 0.25) is 10.0 Å². The first-order valence-electron chi connectivity index (χ1n) is 4.10. The smallest absolute Gasteiger partial charge is 0.275 e. The quantitative estimate of drug-likeness (QED) is 0.559. The van der Waals surface area contributed by atoms with E-state index in [1.54, 1.807) is 18.2 Å². The summed E-state index contributed by atoms with van der Waals surface area (Å²) in [7, 11) is 0. The van der Waals surface area contributed by atoms with Crippen LogP contribution in [0, 0.1) is 5.41 Å². The molecule has 0 aromatic heterocycles. The number of hydrazine groups is 1. The fraction of sp³-hybridized carbons (Fsp3) is 0.111. The Hall–Kier alpha value is -1.10. The molecule has 0 spiro atoms. The van der Waals surface area contributed by atoms with Crippen molar-refractivity contribution in [3.63, 3.8) is 0 Å². The van der Waals surface area contributed by atoms with Gasteiger partial charge < -0.3 is 5.41 Å². The van der Waals surface area contributed by atoms with Crippen LogP contribution in [0.15, 0.2) is 18.2 Å². The first kappa shape index (κ1) is 12.0. The third kappa shape index (κ3) is 4.29. The predicted molar refractivity (Wildman–Crippen MR) is 60.2 cm³/mol. The van der Waals surface area contributed by atoms with Crippen molar-refractivity contribution in [1.82, 2.24) is 10.9 Å². The van der Waals surface area contributed by atoms with Gasteiger partial charge in [0.1, 0.15) is 0 Å². The number of carbonyl (C=O) groups excluding carboxylic acids is 1. The lowest BCUT2D eigenvalue weighted by Gasteiger charge is -2.05. The van der Waals surface area contributed by atoms with Gasteiger partial charge in [0.2, 0.25) is 0 Å². The van der Waals surface area contributed by atoms with Crippen LogP contribution in [0.25, 0.3) is 0 Å². The fourth-order valence-corrected chi connectivity index (χ4v) is 1.55. The molecule has 0 unspecified atom stereocenters. The zero-order chi connectivity index (χ0) is 11.3. The minimum atomic E-state index is -0.511. The van der Waals surface area contributed by atoms with Gasteiger partial charge in [-0.1, -0.05) is 23.2 Å². The third-order valence-corrected chi connectivity index (χ3v) is 1.99. The largest absolute Gasteiger partial charge is 0.303 e. The van der Waals surface area contributed by atoms with Crippen molar-refractivity contribution in [3.8, 4) is 0 Å². The van der Waals surface area contributed by atoms with Crippen LogP contribution in [0.1, 0.15) is 5.56 Å². The molecule has 80 valence electrons. The molecule has 1 aromatic carbocycles. The summed E-state index contributed by atoms with van der Waals surface area (Å²) >= 11 is 11.6. The number of nitrogens with one attached hydrogen (secondary N) is 3. The van der Waals surface area contributed by atoms with Gasteiger partial charge in [0.15, 0.2) is 0 Å². The van der Waals surface area contributed by atoms with Crippen molar-refractivity contribution >= 4 is 35.3 Å². The van der Waals surface area contributed by atoms with E-state index in [0.717, 1.165) is 5.56 Å². The molecule has 1 amide bonds. The molecule has 4 nitrogen and oxygen atoms in total. The zero-order valence-electron chi connectivity index (χ0n) is 7.68. The van der Waals surface area contributed by atoms with Crippen molar-refractivity contribution in [3.05, 3.63) is 33.8 Å². The molecule has 1 aromatic rings. The highest BCUT2D eigenvalue weighted by Gasteiger charge is 1.98. The molecule has 0 saturated carbocycles. The third-order valence-electron chi connectivity index (χ3n) is 1.56. The van der Waals surface area contributed by atoms with Gasteiger partial charge in [-0.25, -0.2) is 5.43 Å². The average molecular weight is 246 g/mol. The molecule has 1 rings (SSSR count). The Morgan fingerprint density at radius 3 is 2.47 bits per heavy atom. The number of rotatable bonds is 4. The molecule has 0 atom stereocenters. The summed E-state index contributed by atoms with van der Waals surface area (Å²) in [6.07, 6.45) is 0.679. The summed E-state index contributed by atoms with van der Waals surface area (Å²) in [5, 5.41) is 7.72. The van der Waals surface area contributed by atoms with E-state index < -0.39 is 5.91 Å². The second-order valence-electron chi connectivity index (χ2n) is 2.76. The Kier molecular flexibility index (Phi) is 4.55. The highest BCUT2D eigenvalue weighted by Crippen LogP contribution is 2.18. The molecule has 0 aliphatic rings. The number of benzene rings is 1. The van der Waals surface area contributed by atoms with Gasteiger partial charge in [0.05, 0.1) is 6.21 Å². The average Bonchev–Trinajstić information content (AvgIpc) is 2.16. The molecule has 0 saturated heterocycles. The van der Waals surface area contributed by atoms with Crippen LogP contribution in [-0.4, -0.2) is 12.1 Å². The molecular weight excluding hydrogens is 237 g/mol. The lowest BCUT2D eigenvalue weighted by atomic mass is 10.2. The van der Waals surface area contributed by atoms with E-state index >= 15 is 0 Å². The molecular formula is C9H9Cl2N3O. The number of amides is 1. The van der Waals surface area contributed by atoms with Crippen molar-refractivity contribution in [2.75, 3.05) is 0 Å². The van der Waals surface area contributed by atoms with Gasteiger partial charge in [-0.15, -0.1) is 0 Å². The number of halogens is 2. The maximum Gasteiger partial charge on any atom is 0.275 e. The SMILES string of the molecule is N=CC(=O)NNCc1cc(Cl)cc(Cl)c1. The van der Waals surface area contributed by atoms with Gasteiger partial charge in [-0.05, 0) is 23.8 Å². The molecule has 0 aliphatic carbocycles. The number of carbonyl (C=O) groups is 1. The van der Waals surface area contributed by atoms with E-state index in [2.05, 4.69) is 10.9 Å². The molecule has 3 N–H and O–H groups in total. The van der Waals surface area contributed by atoms with Crippen LogP contribution in [0.3, 0.4) is 0 Å². The zero-order valence-corrected chi connectivity index (χ0v) is 9.19. The Balaban J connectivity index is 2.50. The first-order chi connectivity index (χ1) is 7.11. The lowest BCUT2D eigenvalue weighted by molar-refractivity contribution is -0.115. The second kappa shape index (κ2) is 5.70. The second-order valence-corrected chi connectivity index (χ2v) is 3.64. The Morgan fingerprint density at radius 1 is 1.33 bits per heavy atom. The van der Waals surface area contributed by atoms with Crippen LogP contribution in [0.4, 0.5) is 0 Å². The topological polar surface area (TPSA) is 65.0 Å². The summed E-state index contributed by atoms with van der Waals surface area (Å²) in [4.78, 5) is 10.7. The van der Waals surface area contributed by atoms with E-state index in [0.29, 0.717) is 22.8 Å². The van der Waals surface area contributed by atoms with E-state index in [4.69, 9.17) is 28.6 Å². The molecule has 0 fully saturated rings. The summed E-state index contributed by atoms with van der Waals surface area (Å²) in [6.45, 7) is 0.389. The monoisotopic (exact) mass is 245 g/mol. The minimum absolute atomic E-state index is 0.389. The van der Waals surface area contributed by atoms with Crippen LogP contribution >= 0.6 is 23.2 Å². The van der Waals surface area contributed by atoms with Crippen molar-refractivity contribution in [2.24, 2.45) is 0 Å². The summed E-state index contributed by atoms with van der Waals surface area (Å²) in [5.74, 6) is -0.511. The molecule has 6 heteroatoms. The molecule has 15 heavy (non-hydrogen) atoms. The Bertz CT molecular complexity index is 361. The standard InChI is InChI=1S/C9H9Cl2N3O/c10-7-1-6(2-8(11)3-7)5-13-14-9(15)4-12/h1-4,12-13H,5H2,(H,14,15). The number of hydrogen-bond acceptors (Lipinski definition) is 3. The first-order valence-corrected chi connectivity index (χ1v) is 4.85. The highest BCUT2D eigenvalue weighted by atomic mass is 35.5. The normalized spacial score (nSPS) is 9.73. The van der Waals surface area contributed by atoms with Gasteiger partial charge in [0, 0.05) is 16.6 Å². The summed E-state index contributed by atoms with van der Waals surface area (Å²) in [6, 6.07) is 5.09. The lowest BCUT2D eigenvalue weighted by Crippen LogP contribution is -2.37. The van der Waals surface area contributed by atoms with Gasteiger partial charge in [0.25, 0.3) is 5.91 Å². The fourth-order valence-electron chi connectivity index (χ4n) is 0.982. The van der Waals surface area contributed by atoms with Crippen LogP contribution < -0.4 is 10.9 Å². The van der Waals surface area contributed by atoms with E-state index in [1.165, 1.54) is 0 Å². The molecule has 0 aliphatic heterocycles. The van der Waals surface area contributed by atoms with E-state index in [9.17, 15) is 4.79 Å². The Morgan fingerprint density at radius 2 is 1.93 bits per heavy atom. The van der Waals surface area contributed by atoms with Crippen LogP contribution in [0.5, 0.6) is 0 Å². The van der Waals surface area contributed by atoms with Crippen molar-refractivity contribution in [2.45, 2.75) is 6.54 Å². The highest BCUT2D eigenvalue weighted by molar-refractivity contribution is 6.34. The minimum Gasteiger partial charge on any atom is -0.303 e. The summed E-state index contributed by atoms with van der Waals surface area (Å²) < 4.78 is 0. The molecule has 0 radical (unpaired) electrons. The van der Waals surface area contributed by atoms with Crippen molar-refractivity contribution < 1.29 is 4.79 Å². The number of hydrogen-bond donors (Lipinski definition) is 3. The maximum atomic E-state index is 10.7. The predicted octanol–water partition coefficient (Wildman–Crippen LogP) is 1.76.